The highest BCUT2D eigenvalue weighted by molar-refractivity contribution is 8.93. The van der Waals surface area contributed by atoms with Crippen LogP contribution < -0.4 is 9.64 Å². The summed E-state index contributed by atoms with van der Waals surface area (Å²) in [6.07, 6.45) is 20.7. The highest BCUT2D eigenvalue weighted by Crippen LogP contribution is 2.33. The lowest BCUT2D eigenvalue weighted by molar-refractivity contribution is -0.116. The lowest BCUT2D eigenvalue weighted by Gasteiger charge is -2.26. The number of hydrogen-bond donors (Lipinski definition) is 0. The minimum atomic E-state index is -0.0736. The van der Waals surface area contributed by atoms with Crippen LogP contribution in [0.1, 0.15) is 134 Å². The minimum absolute atomic E-state index is 0. The van der Waals surface area contributed by atoms with Gasteiger partial charge in [0.2, 0.25) is 5.91 Å². The zero-order valence-electron chi connectivity index (χ0n) is 29.6. The summed E-state index contributed by atoms with van der Waals surface area (Å²) in [7, 11) is 0. The summed E-state index contributed by atoms with van der Waals surface area (Å²) in [5.41, 5.74) is 5.31. The van der Waals surface area contributed by atoms with E-state index in [4.69, 9.17) is 4.74 Å². The van der Waals surface area contributed by atoms with Crippen molar-refractivity contribution in [2.24, 2.45) is 0 Å². The van der Waals surface area contributed by atoms with Gasteiger partial charge in [-0.25, -0.2) is 4.98 Å². The number of unbranched alkanes of at least 4 members (excludes halogenated alkanes) is 11. The number of halogens is 1. The number of pyridine rings is 1. The molecule has 0 unspecified atom stereocenters. The molecule has 0 spiro atoms. The predicted molar refractivity (Wildman–Crippen MR) is 203 cm³/mol. The second kappa shape index (κ2) is 19.6. The van der Waals surface area contributed by atoms with Crippen molar-refractivity contribution in [3.63, 3.8) is 0 Å². The number of carbonyl (C=O) groups is 1. The maximum absolute atomic E-state index is 12.9. The fourth-order valence-corrected chi connectivity index (χ4v) is 6.23. The van der Waals surface area contributed by atoms with E-state index in [0.29, 0.717) is 13.0 Å². The van der Waals surface area contributed by atoms with Gasteiger partial charge >= 0.3 is 0 Å². The van der Waals surface area contributed by atoms with E-state index in [9.17, 15) is 4.79 Å². The molecule has 0 N–H and O–H groups in total. The number of carbonyl (C=O) groups excluding carboxylic acids is 1. The van der Waals surface area contributed by atoms with Gasteiger partial charge < -0.3 is 14.0 Å². The molecule has 4 aromatic rings. The van der Waals surface area contributed by atoms with E-state index in [2.05, 4.69) is 73.5 Å². The van der Waals surface area contributed by atoms with Crippen molar-refractivity contribution in [2.45, 2.75) is 130 Å². The van der Waals surface area contributed by atoms with Crippen molar-refractivity contribution in [3.8, 4) is 5.75 Å². The third kappa shape index (κ3) is 12.1. The molecule has 0 aliphatic heterocycles. The topological polar surface area (TPSA) is 46.8 Å². The van der Waals surface area contributed by atoms with Crippen molar-refractivity contribution in [1.82, 2.24) is 9.38 Å². The van der Waals surface area contributed by atoms with E-state index in [1.54, 1.807) is 6.92 Å². The first-order chi connectivity index (χ1) is 22.3. The minimum Gasteiger partial charge on any atom is -0.493 e. The van der Waals surface area contributed by atoms with E-state index in [-0.39, 0.29) is 28.3 Å². The Labute approximate surface area is 294 Å². The largest absolute Gasteiger partial charge is 0.493 e. The number of hydrogen-bond acceptors (Lipinski definition) is 3. The van der Waals surface area contributed by atoms with Crippen molar-refractivity contribution < 1.29 is 9.53 Å². The zero-order chi connectivity index (χ0) is 32.8. The van der Waals surface area contributed by atoms with Gasteiger partial charge in [-0.2, -0.15) is 0 Å². The molecule has 0 saturated heterocycles. The first kappa shape index (κ1) is 38.3. The van der Waals surface area contributed by atoms with E-state index < -0.39 is 0 Å². The Morgan fingerprint density at radius 2 is 1.49 bits per heavy atom. The SMILES string of the molecule is Br.CCCCCCCCCCCCCCOc1ccc(CN(C(C)=O)c2cccc(Cc3ncc4ccccn34)c2)cc1C(C)(C)C. The number of rotatable bonds is 19. The molecular weight excluding hydrogens is 646 g/mol. The van der Waals surface area contributed by atoms with Crippen LogP contribution in [-0.2, 0) is 23.2 Å². The fourth-order valence-electron chi connectivity index (χ4n) is 6.23. The third-order valence-corrected chi connectivity index (χ3v) is 8.93. The summed E-state index contributed by atoms with van der Waals surface area (Å²) in [6.45, 7) is 11.9. The molecule has 256 valence electrons. The second-order valence-electron chi connectivity index (χ2n) is 13.9. The molecule has 5 nitrogen and oxygen atoms in total. The Hall–Kier alpha value is -3.12. The van der Waals surface area contributed by atoms with Crippen LogP contribution in [0.3, 0.4) is 0 Å². The van der Waals surface area contributed by atoms with Crippen molar-refractivity contribution in [2.75, 3.05) is 11.5 Å². The van der Waals surface area contributed by atoms with Crippen LogP contribution >= 0.6 is 17.0 Å². The van der Waals surface area contributed by atoms with E-state index in [1.807, 2.05) is 41.6 Å². The number of benzene rings is 2. The molecular formula is C41H58BrN3O2. The monoisotopic (exact) mass is 703 g/mol. The van der Waals surface area contributed by atoms with Crippen LogP contribution in [0.5, 0.6) is 5.75 Å². The number of nitrogens with zero attached hydrogens (tertiary/aromatic N) is 3. The summed E-state index contributed by atoms with van der Waals surface area (Å²) in [6, 6.07) is 20.8. The lowest BCUT2D eigenvalue weighted by atomic mass is 9.85. The summed E-state index contributed by atoms with van der Waals surface area (Å²) in [4.78, 5) is 19.4. The van der Waals surface area contributed by atoms with Crippen LogP contribution in [0.25, 0.3) is 5.52 Å². The summed E-state index contributed by atoms with van der Waals surface area (Å²) in [5, 5.41) is 0. The molecule has 47 heavy (non-hydrogen) atoms. The van der Waals surface area contributed by atoms with Gasteiger partial charge in [0.1, 0.15) is 11.6 Å². The molecule has 2 aromatic heterocycles. The van der Waals surface area contributed by atoms with Gasteiger partial charge in [0, 0.05) is 25.2 Å². The smallest absolute Gasteiger partial charge is 0.224 e. The lowest BCUT2D eigenvalue weighted by Crippen LogP contribution is -2.28. The molecule has 0 radical (unpaired) electrons. The molecule has 2 heterocycles. The Bertz CT molecular complexity index is 1510. The van der Waals surface area contributed by atoms with Crippen molar-refractivity contribution in [3.05, 3.63) is 95.6 Å². The van der Waals surface area contributed by atoms with Crippen LogP contribution in [-0.4, -0.2) is 21.9 Å². The molecule has 6 heteroatoms. The standard InChI is InChI=1S/C41H57N3O2.BrH/c1-6-7-8-9-10-11-12-13-14-15-16-19-27-46-39-25-24-35(29-38(39)41(3,4)5)32-44(33(2)45)36-23-20-21-34(28-36)30-40-42-31-37-22-17-18-26-43(37)40;/h17-18,20-26,28-29,31H,6-16,19,27,30,32H2,1-5H3;1H. The van der Waals surface area contributed by atoms with Crippen LogP contribution in [0, 0.1) is 0 Å². The van der Waals surface area contributed by atoms with Gasteiger partial charge in [-0.15, -0.1) is 17.0 Å². The summed E-state index contributed by atoms with van der Waals surface area (Å²) >= 11 is 0. The predicted octanol–water partition coefficient (Wildman–Crippen LogP) is 11.4. The molecule has 0 bridgehead atoms. The summed E-state index contributed by atoms with van der Waals surface area (Å²) < 4.78 is 8.47. The molecule has 0 fully saturated rings. The number of amides is 1. The van der Waals surface area contributed by atoms with E-state index in [0.717, 1.165) is 46.9 Å². The molecule has 0 aliphatic carbocycles. The first-order valence-corrected chi connectivity index (χ1v) is 17.8. The van der Waals surface area contributed by atoms with Crippen molar-refractivity contribution >= 4 is 34.1 Å². The van der Waals surface area contributed by atoms with Gasteiger partial charge in [-0.05, 0) is 64.9 Å². The maximum atomic E-state index is 12.9. The first-order valence-electron chi connectivity index (χ1n) is 17.8. The normalized spacial score (nSPS) is 11.4. The van der Waals surface area contributed by atoms with E-state index in [1.165, 1.54) is 76.2 Å². The number of fused-ring (bicyclic) bond motifs is 1. The zero-order valence-corrected chi connectivity index (χ0v) is 31.3. The quantitative estimate of drug-likeness (QED) is 0.0913. The number of imidazole rings is 1. The Morgan fingerprint density at radius 3 is 2.15 bits per heavy atom. The molecule has 4 rings (SSSR count). The Morgan fingerprint density at radius 1 is 0.809 bits per heavy atom. The molecule has 0 atom stereocenters. The van der Waals surface area contributed by atoms with Gasteiger partial charge in [-0.3, -0.25) is 4.79 Å². The maximum Gasteiger partial charge on any atom is 0.224 e. The number of ether oxygens (including phenoxy) is 1. The van der Waals surface area contributed by atoms with Gasteiger partial charge in [0.15, 0.2) is 0 Å². The fraction of sp³-hybridized carbons (Fsp3) is 0.512. The summed E-state index contributed by atoms with van der Waals surface area (Å²) in [5.74, 6) is 1.96. The highest BCUT2D eigenvalue weighted by atomic mass is 79.9. The highest BCUT2D eigenvalue weighted by Gasteiger charge is 2.21. The number of anilines is 1. The van der Waals surface area contributed by atoms with E-state index >= 15 is 0 Å². The molecule has 2 aromatic carbocycles. The van der Waals surface area contributed by atoms with Crippen LogP contribution in [0.2, 0.25) is 0 Å². The second-order valence-corrected chi connectivity index (χ2v) is 13.9. The van der Waals surface area contributed by atoms with Gasteiger partial charge in [-0.1, -0.05) is 123 Å². The molecule has 0 saturated carbocycles. The number of aromatic nitrogens is 2. The molecule has 0 aliphatic rings. The third-order valence-electron chi connectivity index (χ3n) is 8.93. The molecule has 1 amide bonds. The van der Waals surface area contributed by atoms with Gasteiger partial charge in [0.25, 0.3) is 0 Å². The van der Waals surface area contributed by atoms with Gasteiger partial charge in [0.05, 0.1) is 24.9 Å². The Balaban J connectivity index is 0.00000600. The van der Waals surface area contributed by atoms with Crippen molar-refractivity contribution in [1.29, 1.82) is 0 Å². The van der Waals surface area contributed by atoms with Crippen LogP contribution in [0.15, 0.2) is 73.1 Å². The average Bonchev–Trinajstić information content (AvgIpc) is 3.44. The van der Waals surface area contributed by atoms with Crippen LogP contribution in [0.4, 0.5) is 5.69 Å². The Kier molecular flexibility index (Phi) is 16.0. The average molecular weight is 705 g/mol.